The molecule has 0 fully saturated rings. The van der Waals surface area contributed by atoms with E-state index >= 15 is 0 Å². The van der Waals surface area contributed by atoms with Crippen molar-refractivity contribution in [2.75, 3.05) is 6.16 Å². The molecule has 0 radical (unpaired) electrons. The normalized spacial score (nSPS) is 12.2. The fourth-order valence-electron chi connectivity index (χ4n) is 2.65. The summed E-state index contributed by atoms with van der Waals surface area (Å²) in [6, 6.07) is 21.9. The van der Waals surface area contributed by atoms with Gasteiger partial charge in [-0.3, -0.25) is 0 Å². The molecular weight excluding hydrogens is 295 g/mol. The summed E-state index contributed by atoms with van der Waals surface area (Å²) in [5.74, 6) is 0. The molecule has 120 valence electrons. The minimum atomic E-state index is -0.265. The number of benzene rings is 2. The Bertz CT molecular complexity index is 571. The summed E-state index contributed by atoms with van der Waals surface area (Å²) >= 11 is 0. The van der Waals surface area contributed by atoms with Crippen molar-refractivity contribution >= 4 is 18.5 Å². The van der Waals surface area contributed by atoms with E-state index in [4.69, 9.17) is 0 Å². The molecule has 0 aromatic heterocycles. The predicted molar refractivity (Wildman–Crippen MR) is 106 cm³/mol. The smallest absolute Gasteiger partial charge is 0.0195 e. The van der Waals surface area contributed by atoms with Gasteiger partial charge in [0.2, 0.25) is 0 Å². The monoisotopic (exact) mass is 322 g/mol. The van der Waals surface area contributed by atoms with Crippen LogP contribution in [0.2, 0.25) is 0 Å². The first-order chi connectivity index (χ1) is 11.3. The van der Waals surface area contributed by atoms with Gasteiger partial charge in [-0.15, -0.1) is 0 Å². The van der Waals surface area contributed by atoms with Gasteiger partial charge in [0.15, 0.2) is 0 Å². The Kier molecular flexibility index (Phi) is 7.84. The first-order valence-electron chi connectivity index (χ1n) is 8.58. The standard InChI is InChI=1S/C22H27P/c1-3-13-20(4-2)14-11-12-19-23(21-15-7-5-8-16-21)22-17-9-6-10-18-22/h5-11,13-18H,3-4,12,19H2,1-2H3/b14-11-,20-13+. The largest absolute Gasteiger partial charge is 0.0839 e. The molecule has 0 bridgehead atoms. The van der Waals surface area contributed by atoms with Gasteiger partial charge in [-0.1, -0.05) is 98.3 Å². The van der Waals surface area contributed by atoms with Crippen LogP contribution in [0.3, 0.4) is 0 Å². The molecule has 0 heterocycles. The molecule has 0 atom stereocenters. The fourth-order valence-corrected chi connectivity index (χ4v) is 4.94. The SMILES string of the molecule is CC/C=C(/C=C\CCP(c1ccccc1)c1ccccc1)CC. The minimum absolute atomic E-state index is 0.265. The van der Waals surface area contributed by atoms with Crippen LogP contribution in [0.25, 0.3) is 0 Å². The Labute approximate surface area is 142 Å². The molecule has 0 N–H and O–H groups in total. The van der Waals surface area contributed by atoms with Crippen molar-refractivity contribution in [3.8, 4) is 0 Å². The summed E-state index contributed by atoms with van der Waals surface area (Å²) in [5, 5.41) is 2.95. The topological polar surface area (TPSA) is 0 Å². The minimum Gasteiger partial charge on any atom is -0.0839 e. The van der Waals surface area contributed by atoms with E-state index in [1.165, 1.54) is 22.3 Å². The van der Waals surface area contributed by atoms with Crippen molar-refractivity contribution in [3.63, 3.8) is 0 Å². The van der Waals surface area contributed by atoms with Gasteiger partial charge in [0.05, 0.1) is 0 Å². The third-order valence-corrected chi connectivity index (χ3v) is 6.41. The first-order valence-corrected chi connectivity index (χ1v) is 10.1. The second-order valence-electron chi connectivity index (χ2n) is 5.55. The maximum atomic E-state index is 2.35. The van der Waals surface area contributed by atoms with Gasteiger partial charge < -0.3 is 0 Å². The zero-order valence-electron chi connectivity index (χ0n) is 14.3. The summed E-state index contributed by atoms with van der Waals surface area (Å²) in [4.78, 5) is 0. The molecule has 0 spiro atoms. The van der Waals surface area contributed by atoms with Gasteiger partial charge in [-0.05, 0) is 44.0 Å². The highest BCUT2D eigenvalue weighted by Crippen LogP contribution is 2.34. The van der Waals surface area contributed by atoms with Crippen LogP contribution in [0.1, 0.15) is 33.1 Å². The average molecular weight is 322 g/mol. The van der Waals surface area contributed by atoms with Crippen molar-refractivity contribution in [3.05, 3.63) is 84.5 Å². The number of hydrogen-bond donors (Lipinski definition) is 0. The quantitative estimate of drug-likeness (QED) is 0.425. The predicted octanol–water partition coefficient (Wildman–Crippen LogP) is 5.81. The van der Waals surface area contributed by atoms with Gasteiger partial charge in [0.25, 0.3) is 0 Å². The highest BCUT2D eigenvalue weighted by atomic mass is 31.1. The van der Waals surface area contributed by atoms with E-state index in [9.17, 15) is 0 Å². The second-order valence-corrected chi connectivity index (χ2v) is 7.89. The lowest BCUT2D eigenvalue weighted by Gasteiger charge is -2.17. The van der Waals surface area contributed by atoms with Crippen LogP contribution in [-0.2, 0) is 0 Å². The summed E-state index contributed by atoms with van der Waals surface area (Å²) in [7, 11) is -0.265. The van der Waals surface area contributed by atoms with Gasteiger partial charge >= 0.3 is 0 Å². The molecule has 23 heavy (non-hydrogen) atoms. The zero-order chi connectivity index (χ0) is 16.3. The van der Waals surface area contributed by atoms with Crippen LogP contribution in [0.5, 0.6) is 0 Å². The van der Waals surface area contributed by atoms with E-state index in [1.54, 1.807) is 0 Å². The van der Waals surface area contributed by atoms with Gasteiger partial charge in [-0.2, -0.15) is 0 Å². The van der Waals surface area contributed by atoms with Gasteiger partial charge in [-0.25, -0.2) is 0 Å². The maximum absolute atomic E-state index is 2.35. The van der Waals surface area contributed by atoms with Crippen LogP contribution < -0.4 is 10.6 Å². The van der Waals surface area contributed by atoms with Crippen molar-refractivity contribution in [2.24, 2.45) is 0 Å². The van der Waals surface area contributed by atoms with Crippen LogP contribution in [0.15, 0.2) is 84.5 Å². The molecule has 0 unspecified atom stereocenters. The fraction of sp³-hybridized carbons (Fsp3) is 0.273. The van der Waals surface area contributed by atoms with Crippen LogP contribution in [0, 0.1) is 0 Å². The maximum Gasteiger partial charge on any atom is -0.0195 e. The first kappa shape index (κ1) is 17.7. The zero-order valence-corrected chi connectivity index (χ0v) is 15.2. The highest BCUT2D eigenvalue weighted by molar-refractivity contribution is 7.73. The summed E-state index contributed by atoms with van der Waals surface area (Å²) in [5.41, 5.74) is 1.45. The van der Waals surface area contributed by atoms with Crippen molar-refractivity contribution < 1.29 is 0 Å². The third kappa shape index (κ3) is 5.81. The number of rotatable bonds is 8. The van der Waals surface area contributed by atoms with Crippen LogP contribution >= 0.6 is 7.92 Å². The average Bonchev–Trinajstić information content (AvgIpc) is 2.62. The lowest BCUT2D eigenvalue weighted by molar-refractivity contribution is 1.09. The Morgan fingerprint density at radius 2 is 1.43 bits per heavy atom. The lowest BCUT2D eigenvalue weighted by atomic mass is 10.1. The van der Waals surface area contributed by atoms with Crippen molar-refractivity contribution in [1.29, 1.82) is 0 Å². The summed E-state index contributed by atoms with van der Waals surface area (Å²) < 4.78 is 0. The highest BCUT2D eigenvalue weighted by Gasteiger charge is 2.11. The van der Waals surface area contributed by atoms with E-state index in [2.05, 4.69) is 92.7 Å². The molecule has 0 saturated heterocycles. The molecule has 0 nitrogen and oxygen atoms in total. The third-order valence-electron chi connectivity index (χ3n) is 3.86. The van der Waals surface area contributed by atoms with Crippen LogP contribution in [0.4, 0.5) is 0 Å². The molecular formula is C22H27P. The molecule has 2 aromatic carbocycles. The molecule has 2 aromatic rings. The van der Waals surface area contributed by atoms with Gasteiger partial charge in [0.1, 0.15) is 0 Å². The van der Waals surface area contributed by atoms with E-state index in [0.717, 1.165) is 19.3 Å². The van der Waals surface area contributed by atoms with Crippen LogP contribution in [-0.4, -0.2) is 6.16 Å². The van der Waals surface area contributed by atoms with Crippen molar-refractivity contribution in [2.45, 2.75) is 33.1 Å². The molecule has 0 aliphatic rings. The Balaban J connectivity index is 2.08. The molecule has 2 rings (SSSR count). The summed E-state index contributed by atoms with van der Waals surface area (Å²) in [6.45, 7) is 4.43. The van der Waals surface area contributed by atoms with E-state index < -0.39 is 0 Å². The van der Waals surface area contributed by atoms with E-state index in [0.29, 0.717) is 0 Å². The Morgan fingerprint density at radius 3 is 1.91 bits per heavy atom. The van der Waals surface area contributed by atoms with E-state index in [-0.39, 0.29) is 7.92 Å². The lowest BCUT2D eigenvalue weighted by Crippen LogP contribution is -2.13. The second kappa shape index (κ2) is 10.2. The Hall–Kier alpha value is -1.65. The Morgan fingerprint density at radius 1 is 0.870 bits per heavy atom. The molecule has 1 heteroatoms. The van der Waals surface area contributed by atoms with E-state index in [1.807, 2.05) is 0 Å². The number of allylic oxidation sites excluding steroid dienone is 4. The molecule has 0 aliphatic carbocycles. The number of hydrogen-bond acceptors (Lipinski definition) is 0. The van der Waals surface area contributed by atoms with Gasteiger partial charge in [0, 0.05) is 0 Å². The molecule has 0 saturated carbocycles. The molecule has 0 amide bonds. The summed E-state index contributed by atoms with van der Waals surface area (Å²) in [6.07, 6.45) is 11.6. The van der Waals surface area contributed by atoms with Crippen molar-refractivity contribution in [1.82, 2.24) is 0 Å². The molecule has 0 aliphatic heterocycles.